The number of aromatic amines is 1. The number of para-hydroxylation sites is 1. The highest BCUT2D eigenvalue weighted by atomic mass is 16.5. The Labute approximate surface area is 180 Å². The fourth-order valence-electron chi connectivity index (χ4n) is 3.68. The lowest BCUT2D eigenvalue weighted by Crippen LogP contribution is -2.10. The van der Waals surface area contributed by atoms with E-state index in [4.69, 9.17) is 14.2 Å². The van der Waals surface area contributed by atoms with E-state index >= 15 is 0 Å². The third-order valence-corrected chi connectivity index (χ3v) is 5.28. The molecule has 4 rings (SSSR count). The normalized spacial score (nSPS) is 11.4. The van der Waals surface area contributed by atoms with E-state index in [2.05, 4.69) is 29.1 Å². The van der Waals surface area contributed by atoms with Crippen LogP contribution in [0.4, 0.5) is 0 Å². The van der Waals surface area contributed by atoms with Crippen LogP contribution in [-0.4, -0.2) is 31.5 Å². The first kappa shape index (κ1) is 20.8. The molecule has 0 aliphatic carbocycles. The molecule has 1 aromatic carbocycles. The van der Waals surface area contributed by atoms with Crippen LogP contribution in [0, 0.1) is 13.8 Å². The van der Waals surface area contributed by atoms with Crippen LogP contribution in [0.25, 0.3) is 22.4 Å². The number of H-pyrrole nitrogens is 1. The van der Waals surface area contributed by atoms with Gasteiger partial charge < -0.3 is 14.2 Å². The summed E-state index contributed by atoms with van der Waals surface area (Å²) in [5.41, 5.74) is 4.18. The maximum atomic E-state index is 13.0. The summed E-state index contributed by atoms with van der Waals surface area (Å²) >= 11 is 0. The Bertz CT molecular complexity index is 1250. The van der Waals surface area contributed by atoms with Gasteiger partial charge in [-0.25, -0.2) is 4.98 Å². The van der Waals surface area contributed by atoms with Gasteiger partial charge in [-0.2, -0.15) is 5.10 Å². The van der Waals surface area contributed by atoms with Gasteiger partial charge >= 0.3 is 0 Å². The van der Waals surface area contributed by atoms with Gasteiger partial charge in [0.15, 0.2) is 5.52 Å². The third kappa shape index (κ3) is 3.97. The second-order valence-electron chi connectivity index (χ2n) is 7.61. The molecule has 31 heavy (non-hydrogen) atoms. The second-order valence-corrected chi connectivity index (χ2v) is 7.61. The number of fused-ring (bicyclic) bond motifs is 1. The molecule has 0 amide bonds. The van der Waals surface area contributed by atoms with E-state index in [0.717, 1.165) is 47.5 Å². The molecular weight excluding hydrogens is 394 g/mol. The number of hydrogen-bond acceptors (Lipinski definition) is 6. The lowest BCUT2D eigenvalue weighted by atomic mass is 10.1. The van der Waals surface area contributed by atoms with E-state index < -0.39 is 0 Å². The van der Waals surface area contributed by atoms with Crippen LogP contribution >= 0.6 is 0 Å². The van der Waals surface area contributed by atoms with E-state index in [-0.39, 0.29) is 5.56 Å². The van der Waals surface area contributed by atoms with Crippen molar-refractivity contribution >= 4 is 11.0 Å². The highest BCUT2D eigenvalue weighted by Crippen LogP contribution is 2.28. The Morgan fingerprint density at radius 2 is 1.94 bits per heavy atom. The average molecular weight is 422 g/mol. The monoisotopic (exact) mass is 421 g/mol. The average Bonchev–Trinajstić information content (AvgIpc) is 3.28. The van der Waals surface area contributed by atoms with E-state index in [1.54, 1.807) is 0 Å². The minimum atomic E-state index is -0.264. The zero-order valence-electron chi connectivity index (χ0n) is 18.4. The number of rotatable bonds is 8. The molecule has 162 valence electrons. The molecule has 1 N–H and O–H groups in total. The van der Waals surface area contributed by atoms with Crippen molar-refractivity contribution in [3.63, 3.8) is 0 Å². The molecule has 8 heteroatoms. The Balaban J connectivity index is 1.85. The Hall–Kier alpha value is -3.42. The van der Waals surface area contributed by atoms with Gasteiger partial charge in [-0.1, -0.05) is 37.6 Å². The zero-order valence-corrected chi connectivity index (χ0v) is 18.4. The van der Waals surface area contributed by atoms with Crippen molar-refractivity contribution in [3.05, 3.63) is 57.3 Å². The minimum Gasteiger partial charge on any atom is -0.493 e. The lowest BCUT2D eigenvalue weighted by molar-refractivity contribution is 0.318. The number of nitrogens with zero attached hydrogens (tertiary/aromatic N) is 4. The lowest BCUT2D eigenvalue weighted by Gasteiger charge is -2.10. The van der Waals surface area contributed by atoms with Crippen molar-refractivity contribution in [2.75, 3.05) is 6.61 Å². The quantitative estimate of drug-likeness (QED) is 0.458. The van der Waals surface area contributed by atoms with Crippen molar-refractivity contribution < 1.29 is 9.26 Å². The Kier molecular flexibility index (Phi) is 5.88. The number of nitrogens with one attached hydrogen (secondary N) is 1. The summed E-state index contributed by atoms with van der Waals surface area (Å²) in [4.78, 5) is 20.7. The Morgan fingerprint density at radius 3 is 2.65 bits per heavy atom. The standard InChI is InChI=1S/C23H27N5O3/c1-5-9-18-20-21(26-28(18)13-17-14(3)27-31-15(17)4)23(29)25-22(24-20)16-10-7-8-11-19(16)30-12-6-2/h7-8,10-11H,5-6,9,12-13H2,1-4H3,(H,24,25,29). The molecule has 3 heterocycles. The highest BCUT2D eigenvalue weighted by Gasteiger charge is 2.20. The molecule has 3 aromatic heterocycles. The summed E-state index contributed by atoms with van der Waals surface area (Å²) in [6.45, 7) is 9.03. The van der Waals surface area contributed by atoms with E-state index in [0.29, 0.717) is 35.8 Å². The molecule has 0 saturated carbocycles. The molecule has 0 saturated heterocycles. The molecule has 8 nitrogen and oxygen atoms in total. The minimum absolute atomic E-state index is 0.264. The number of benzene rings is 1. The SMILES string of the molecule is CCCOc1ccccc1-c1nc2c(CCC)n(Cc3c(C)noc3C)nc2c(=O)[nH]1. The number of ether oxygens (including phenoxy) is 1. The maximum Gasteiger partial charge on any atom is 0.279 e. The molecular formula is C23H27N5O3. The van der Waals surface area contributed by atoms with E-state index in [9.17, 15) is 4.79 Å². The third-order valence-electron chi connectivity index (χ3n) is 5.28. The van der Waals surface area contributed by atoms with Crippen molar-refractivity contribution in [3.8, 4) is 17.1 Å². The van der Waals surface area contributed by atoms with Crippen molar-refractivity contribution in [2.45, 2.75) is 53.5 Å². The maximum absolute atomic E-state index is 13.0. The largest absolute Gasteiger partial charge is 0.493 e. The summed E-state index contributed by atoms with van der Waals surface area (Å²) in [5.74, 6) is 1.94. The van der Waals surface area contributed by atoms with Gasteiger partial charge in [0.05, 0.1) is 30.1 Å². The van der Waals surface area contributed by atoms with Gasteiger partial charge in [-0.05, 0) is 38.8 Å². The van der Waals surface area contributed by atoms with Crippen LogP contribution in [0.15, 0.2) is 33.6 Å². The summed E-state index contributed by atoms with van der Waals surface area (Å²) in [5, 5.41) is 8.64. The molecule has 0 spiro atoms. The Morgan fingerprint density at radius 1 is 1.13 bits per heavy atom. The number of hydrogen-bond donors (Lipinski definition) is 1. The van der Waals surface area contributed by atoms with Gasteiger partial charge in [0.1, 0.15) is 22.9 Å². The first-order valence-corrected chi connectivity index (χ1v) is 10.7. The molecule has 0 bridgehead atoms. The van der Waals surface area contributed by atoms with Crippen molar-refractivity contribution in [1.29, 1.82) is 0 Å². The van der Waals surface area contributed by atoms with Crippen LogP contribution in [0.5, 0.6) is 5.75 Å². The van der Waals surface area contributed by atoms with Crippen LogP contribution < -0.4 is 10.3 Å². The fourth-order valence-corrected chi connectivity index (χ4v) is 3.68. The smallest absolute Gasteiger partial charge is 0.279 e. The van der Waals surface area contributed by atoms with Gasteiger partial charge in [-0.15, -0.1) is 0 Å². The molecule has 0 radical (unpaired) electrons. The van der Waals surface area contributed by atoms with Crippen LogP contribution in [-0.2, 0) is 13.0 Å². The number of aromatic nitrogens is 5. The summed E-state index contributed by atoms with van der Waals surface area (Å²) in [6, 6.07) is 7.62. The van der Waals surface area contributed by atoms with Crippen molar-refractivity contribution in [2.24, 2.45) is 0 Å². The van der Waals surface area contributed by atoms with E-state index in [1.807, 2.05) is 42.8 Å². The predicted molar refractivity (Wildman–Crippen MR) is 118 cm³/mol. The molecule has 0 aliphatic rings. The van der Waals surface area contributed by atoms with Crippen LogP contribution in [0.2, 0.25) is 0 Å². The van der Waals surface area contributed by atoms with Gasteiger partial charge in [0, 0.05) is 5.56 Å². The molecule has 0 unspecified atom stereocenters. The molecule has 0 aliphatic heterocycles. The van der Waals surface area contributed by atoms with Gasteiger partial charge in [0.25, 0.3) is 5.56 Å². The fraction of sp³-hybridized carbons (Fsp3) is 0.391. The highest BCUT2D eigenvalue weighted by molar-refractivity contribution is 5.79. The summed E-state index contributed by atoms with van der Waals surface area (Å²) < 4.78 is 13.0. The van der Waals surface area contributed by atoms with Gasteiger partial charge in [0.2, 0.25) is 0 Å². The molecule has 0 fully saturated rings. The van der Waals surface area contributed by atoms with Gasteiger partial charge in [-0.3, -0.25) is 9.48 Å². The van der Waals surface area contributed by atoms with E-state index in [1.165, 1.54) is 0 Å². The van der Waals surface area contributed by atoms with Crippen LogP contribution in [0.1, 0.15) is 49.4 Å². The first-order valence-electron chi connectivity index (χ1n) is 10.7. The summed E-state index contributed by atoms with van der Waals surface area (Å²) in [6.07, 6.45) is 2.55. The predicted octanol–water partition coefficient (Wildman–Crippen LogP) is 4.18. The first-order chi connectivity index (χ1) is 15.0. The zero-order chi connectivity index (χ0) is 22.0. The summed E-state index contributed by atoms with van der Waals surface area (Å²) in [7, 11) is 0. The second kappa shape index (κ2) is 8.75. The van der Waals surface area contributed by atoms with Crippen LogP contribution in [0.3, 0.4) is 0 Å². The molecule has 0 atom stereocenters. The number of aryl methyl sites for hydroxylation is 3. The topological polar surface area (TPSA) is 98.8 Å². The molecule has 4 aromatic rings. The van der Waals surface area contributed by atoms with Crippen molar-refractivity contribution in [1.82, 2.24) is 24.9 Å².